The highest BCUT2D eigenvalue weighted by Gasteiger charge is 2.39. The van der Waals surface area contributed by atoms with Gasteiger partial charge >= 0.3 is 5.97 Å². The van der Waals surface area contributed by atoms with Gasteiger partial charge in [-0.2, -0.15) is 0 Å². The Bertz CT molecular complexity index is 404. The number of hydrogen-bond donors (Lipinski definition) is 0. The van der Waals surface area contributed by atoms with E-state index in [2.05, 4.69) is 4.74 Å². The van der Waals surface area contributed by atoms with Crippen LogP contribution in [0.2, 0.25) is 5.02 Å². The molecule has 16 heavy (non-hydrogen) atoms. The lowest BCUT2D eigenvalue weighted by Crippen LogP contribution is -2.29. The second-order valence-corrected chi connectivity index (χ2v) is 3.78. The van der Waals surface area contributed by atoms with Crippen molar-refractivity contribution in [1.29, 1.82) is 0 Å². The Morgan fingerprint density at radius 3 is 2.56 bits per heavy atom. The van der Waals surface area contributed by atoms with Crippen molar-refractivity contribution in [3.8, 4) is 5.75 Å². The summed E-state index contributed by atoms with van der Waals surface area (Å²) >= 11 is 5.75. The predicted molar refractivity (Wildman–Crippen MR) is 58.5 cm³/mol. The summed E-state index contributed by atoms with van der Waals surface area (Å²) in [4.78, 5) is 11.3. The minimum atomic E-state index is -2.29. The van der Waals surface area contributed by atoms with Crippen molar-refractivity contribution in [1.82, 2.24) is 0 Å². The maximum atomic E-state index is 14.2. The van der Waals surface area contributed by atoms with Crippen LogP contribution in [0.1, 0.15) is 12.5 Å². The lowest BCUT2D eigenvalue weighted by Gasteiger charge is -2.20. The van der Waals surface area contributed by atoms with Crippen molar-refractivity contribution >= 4 is 17.6 Å². The molecule has 0 amide bonds. The molecule has 1 aromatic rings. The zero-order valence-electron chi connectivity index (χ0n) is 9.21. The number of alkyl halides is 1. The second-order valence-electron chi connectivity index (χ2n) is 3.34. The topological polar surface area (TPSA) is 35.5 Å². The zero-order valence-corrected chi connectivity index (χ0v) is 9.97. The van der Waals surface area contributed by atoms with Crippen LogP contribution in [-0.2, 0) is 15.2 Å². The molecule has 0 bridgehead atoms. The van der Waals surface area contributed by atoms with E-state index in [1.165, 1.54) is 19.2 Å². The SMILES string of the molecule is COC(=O)C(C)(F)c1cc(Cl)ccc1OC. The largest absolute Gasteiger partial charge is 0.496 e. The Kier molecular flexibility index (Phi) is 3.75. The van der Waals surface area contributed by atoms with E-state index in [1.807, 2.05) is 0 Å². The number of benzene rings is 1. The van der Waals surface area contributed by atoms with Crippen LogP contribution in [0.15, 0.2) is 18.2 Å². The van der Waals surface area contributed by atoms with Gasteiger partial charge in [0.2, 0.25) is 5.67 Å². The number of methoxy groups -OCH3 is 2. The van der Waals surface area contributed by atoms with E-state index in [9.17, 15) is 9.18 Å². The number of carbonyl (C=O) groups excluding carboxylic acids is 1. The Balaban J connectivity index is 3.30. The standard InChI is InChI=1S/C11H12ClFO3/c1-11(13,10(14)16-3)8-6-7(12)4-5-9(8)15-2/h4-6H,1-3H3. The molecule has 0 aromatic heterocycles. The van der Waals surface area contributed by atoms with E-state index in [0.29, 0.717) is 5.02 Å². The minimum Gasteiger partial charge on any atom is -0.496 e. The van der Waals surface area contributed by atoms with E-state index in [1.54, 1.807) is 6.07 Å². The molecule has 0 saturated carbocycles. The van der Waals surface area contributed by atoms with Crippen LogP contribution in [-0.4, -0.2) is 20.2 Å². The van der Waals surface area contributed by atoms with Crippen molar-refractivity contribution in [2.24, 2.45) is 0 Å². The summed E-state index contributed by atoms with van der Waals surface area (Å²) in [7, 11) is 2.51. The highest BCUT2D eigenvalue weighted by Crippen LogP contribution is 2.35. The van der Waals surface area contributed by atoms with Crippen molar-refractivity contribution in [2.45, 2.75) is 12.6 Å². The maximum absolute atomic E-state index is 14.2. The van der Waals surface area contributed by atoms with E-state index < -0.39 is 11.6 Å². The van der Waals surface area contributed by atoms with Crippen molar-refractivity contribution < 1.29 is 18.7 Å². The van der Waals surface area contributed by atoms with Gasteiger partial charge < -0.3 is 9.47 Å². The van der Waals surface area contributed by atoms with Gasteiger partial charge in [-0.1, -0.05) is 11.6 Å². The molecule has 0 heterocycles. The average Bonchev–Trinajstić information content (AvgIpc) is 2.27. The van der Waals surface area contributed by atoms with E-state index >= 15 is 0 Å². The number of ether oxygens (including phenoxy) is 2. The fourth-order valence-electron chi connectivity index (χ4n) is 1.35. The second kappa shape index (κ2) is 4.70. The lowest BCUT2D eigenvalue weighted by atomic mass is 9.97. The number of halogens is 2. The molecule has 5 heteroatoms. The molecule has 1 unspecified atom stereocenters. The number of esters is 1. The van der Waals surface area contributed by atoms with E-state index in [4.69, 9.17) is 16.3 Å². The molecular formula is C11H12ClFO3. The Hall–Kier alpha value is -1.29. The van der Waals surface area contributed by atoms with E-state index in [-0.39, 0.29) is 11.3 Å². The molecule has 0 aliphatic heterocycles. The first-order valence-corrected chi connectivity index (χ1v) is 4.92. The molecule has 0 aliphatic carbocycles. The first kappa shape index (κ1) is 12.8. The highest BCUT2D eigenvalue weighted by molar-refractivity contribution is 6.30. The predicted octanol–water partition coefficient (Wildman–Crippen LogP) is 2.71. The number of rotatable bonds is 3. The minimum absolute atomic E-state index is 0.0503. The summed E-state index contributed by atoms with van der Waals surface area (Å²) in [6.07, 6.45) is 0. The third-order valence-electron chi connectivity index (χ3n) is 2.24. The first-order chi connectivity index (χ1) is 7.43. The van der Waals surface area contributed by atoms with Gasteiger partial charge in [-0.25, -0.2) is 9.18 Å². The van der Waals surface area contributed by atoms with E-state index in [0.717, 1.165) is 14.0 Å². The van der Waals surface area contributed by atoms with Crippen molar-refractivity contribution in [3.05, 3.63) is 28.8 Å². The molecular weight excluding hydrogens is 235 g/mol. The van der Waals surface area contributed by atoms with Crippen LogP contribution in [0, 0.1) is 0 Å². The molecule has 0 spiro atoms. The van der Waals surface area contributed by atoms with Crippen LogP contribution in [0.3, 0.4) is 0 Å². The van der Waals surface area contributed by atoms with Crippen LogP contribution in [0.4, 0.5) is 4.39 Å². The fourth-order valence-corrected chi connectivity index (χ4v) is 1.52. The summed E-state index contributed by atoms with van der Waals surface area (Å²) in [6, 6.07) is 4.40. The Labute approximate surface area is 98.1 Å². The molecule has 0 fully saturated rings. The molecule has 0 radical (unpaired) electrons. The van der Waals surface area contributed by atoms with Crippen LogP contribution in [0.5, 0.6) is 5.75 Å². The number of carbonyl (C=O) groups is 1. The smallest absolute Gasteiger partial charge is 0.348 e. The maximum Gasteiger partial charge on any atom is 0.348 e. The van der Waals surface area contributed by atoms with Gasteiger partial charge in [0.1, 0.15) is 5.75 Å². The lowest BCUT2D eigenvalue weighted by molar-refractivity contribution is -0.154. The molecule has 1 rings (SSSR count). The van der Waals surface area contributed by atoms with Gasteiger partial charge in [0.15, 0.2) is 0 Å². The van der Waals surface area contributed by atoms with Crippen molar-refractivity contribution in [3.63, 3.8) is 0 Å². The molecule has 88 valence electrons. The quantitative estimate of drug-likeness (QED) is 0.770. The third kappa shape index (κ3) is 2.27. The molecule has 0 aliphatic rings. The van der Waals surface area contributed by atoms with Gasteiger partial charge in [-0.05, 0) is 25.1 Å². The summed E-state index contributed by atoms with van der Waals surface area (Å²) < 4.78 is 23.6. The van der Waals surface area contributed by atoms with Gasteiger partial charge in [0.25, 0.3) is 0 Å². The van der Waals surface area contributed by atoms with Crippen molar-refractivity contribution in [2.75, 3.05) is 14.2 Å². The summed E-state index contributed by atoms with van der Waals surface area (Å²) in [6.45, 7) is 1.10. The summed E-state index contributed by atoms with van der Waals surface area (Å²) in [5.74, 6) is -0.743. The van der Waals surface area contributed by atoms with Crippen LogP contribution < -0.4 is 4.74 Å². The first-order valence-electron chi connectivity index (χ1n) is 4.54. The molecule has 1 aromatic carbocycles. The van der Waals surface area contributed by atoms with Gasteiger partial charge in [0.05, 0.1) is 14.2 Å². The molecule has 0 N–H and O–H groups in total. The normalized spacial score (nSPS) is 14.1. The average molecular weight is 247 g/mol. The Morgan fingerprint density at radius 1 is 1.44 bits per heavy atom. The summed E-state index contributed by atoms with van der Waals surface area (Å²) in [5, 5.41) is 0.323. The van der Waals surface area contributed by atoms with Crippen LogP contribution >= 0.6 is 11.6 Å². The molecule has 3 nitrogen and oxygen atoms in total. The third-order valence-corrected chi connectivity index (χ3v) is 2.47. The zero-order chi connectivity index (χ0) is 12.3. The number of hydrogen-bond acceptors (Lipinski definition) is 3. The highest BCUT2D eigenvalue weighted by atomic mass is 35.5. The van der Waals surface area contributed by atoms with Gasteiger partial charge in [0, 0.05) is 10.6 Å². The van der Waals surface area contributed by atoms with Gasteiger partial charge in [-0.15, -0.1) is 0 Å². The van der Waals surface area contributed by atoms with Gasteiger partial charge in [-0.3, -0.25) is 0 Å². The summed E-state index contributed by atoms with van der Waals surface area (Å²) in [5.41, 5.74) is -2.24. The fraction of sp³-hybridized carbons (Fsp3) is 0.364. The molecule has 0 saturated heterocycles. The molecule has 1 atom stereocenters. The van der Waals surface area contributed by atoms with Crippen LogP contribution in [0.25, 0.3) is 0 Å². The monoisotopic (exact) mass is 246 g/mol. The Morgan fingerprint density at radius 2 is 2.06 bits per heavy atom.